The molecule has 1 fully saturated rings. The molecule has 0 spiro atoms. The molecule has 0 amide bonds. The van der Waals surface area contributed by atoms with Crippen molar-refractivity contribution in [3.05, 3.63) is 101 Å². The number of hydrogen-bond acceptors (Lipinski definition) is 6. The predicted molar refractivity (Wildman–Crippen MR) is 155 cm³/mol. The second-order valence-corrected chi connectivity index (χ2v) is 10.3. The molecule has 0 radical (unpaired) electrons. The summed E-state index contributed by atoms with van der Waals surface area (Å²) < 4.78 is 5.77. The van der Waals surface area contributed by atoms with Crippen LogP contribution < -0.4 is 5.32 Å². The molecule has 2 unspecified atom stereocenters. The number of aromatic carboxylic acids is 2. The van der Waals surface area contributed by atoms with E-state index in [9.17, 15) is 14.4 Å². The van der Waals surface area contributed by atoms with Crippen LogP contribution in [0.15, 0.2) is 77.7 Å². The molecule has 0 aromatic heterocycles. The molecule has 208 valence electrons. The van der Waals surface area contributed by atoms with Gasteiger partial charge in [0.05, 0.1) is 23.8 Å². The average Bonchev–Trinajstić information content (AvgIpc) is 2.94. The monoisotopic (exact) mass is 551 g/mol. The molecular weight excluding hydrogens is 514 g/mol. The number of carboxylic acids is 2. The Bertz CT molecular complexity index is 1180. The lowest BCUT2D eigenvalue weighted by atomic mass is 10.0. The van der Waals surface area contributed by atoms with E-state index in [1.165, 1.54) is 35.6 Å². The summed E-state index contributed by atoms with van der Waals surface area (Å²) in [6.45, 7) is 10.3. The molecule has 8 heteroatoms. The number of thioether (sulfide) groups is 1. The van der Waals surface area contributed by atoms with E-state index < -0.39 is 11.9 Å². The van der Waals surface area contributed by atoms with Gasteiger partial charge in [0, 0.05) is 29.3 Å². The Morgan fingerprint density at radius 2 is 1.51 bits per heavy atom. The summed E-state index contributed by atoms with van der Waals surface area (Å²) in [5, 5.41) is 20.7. The molecule has 1 aliphatic heterocycles. The quantitative estimate of drug-likeness (QED) is 0.242. The molecule has 3 N–H and O–H groups in total. The molecule has 3 aromatic rings. The number of ketones is 1. The zero-order valence-electron chi connectivity index (χ0n) is 22.8. The van der Waals surface area contributed by atoms with Crippen molar-refractivity contribution in [2.24, 2.45) is 5.92 Å². The molecule has 0 aliphatic carbocycles. The van der Waals surface area contributed by atoms with E-state index >= 15 is 0 Å². The molecular formula is C31H37NO6S. The molecule has 1 heterocycles. The normalized spacial score (nSPS) is 15.0. The number of morpholine rings is 1. The maximum atomic E-state index is 10.6. The van der Waals surface area contributed by atoms with Crippen molar-refractivity contribution in [3.63, 3.8) is 0 Å². The van der Waals surface area contributed by atoms with E-state index in [0.717, 1.165) is 31.0 Å². The molecule has 39 heavy (non-hydrogen) atoms. The summed E-state index contributed by atoms with van der Waals surface area (Å²) in [6, 6.07) is 22.1. The second-order valence-electron chi connectivity index (χ2n) is 9.23. The van der Waals surface area contributed by atoms with Gasteiger partial charge in [-0.05, 0) is 56.5 Å². The van der Waals surface area contributed by atoms with Crippen molar-refractivity contribution >= 4 is 29.5 Å². The maximum absolute atomic E-state index is 10.6. The zero-order chi connectivity index (χ0) is 28.8. The van der Waals surface area contributed by atoms with Crippen LogP contribution in [0.5, 0.6) is 0 Å². The van der Waals surface area contributed by atoms with Gasteiger partial charge in [-0.3, -0.25) is 4.79 Å². The lowest BCUT2D eigenvalue weighted by Gasteiger charge is -2.28. The van der Waals surface area contributed by atoms with Crippen molar-refractivity contribution in [3.8, 4) is 0 Å². The summed E-state index contributed by atoms with van der Waals surface area (Å²) in [6.07, 6.45) is 0.377. The Kier molecular flexibility index (Phi) is 13.4. The number of Topliss-reactive ketones (excluding diaryl/α,β-unsaturated/α-hetero) is 1. The lowest BCUT2D eigenvalue weighted by Crippen LogP contribution is -2.42. The Balaban J connectivity index is 0.000000216. The van der Waals surface area contributed by atoms with Crippen LogP contribution in [0.2, 0.25) is 0 Å². The highest BCUT2D eigenvalue weighted by atomic mass is 32.2. The molecule has 0 saturated carbocycles. The fraction of sp³-hybridized carbons (Fsp3) is 0.323. The minimum Gasteiger partial charge on any atom is -0.478 e. The van der Waals surface area contributed by atoms with Crippen molar-refractivity contribution in [2.45, 2.75) is 38.7 Å². The molecule has 4 rings (SSSR count). The Morgan fingerprint density at radius 3 is 1.97 bits per heavy atom. The number of nitrogens with one attached hydrogen (secondary N) is 1. The van der Waals surface area contributed by atoms with Crippen molar-refractivity contribution < 1.29 is 29.3 Å². The standard InChI is InChI=1S/C14H21NOS.C9H8O4.C8H8O/c1-11-3-5-13(6-4-11)17-10-12(2)14-9-15-7-8-16-14;1-5-6(8(10)11)3-2-4-7(5)9(12)13;1-7(9)8-5-3-2-4-6-8/h3-6,12,14-15H,7-10H2,1-2H3;2-4H,1H3,(H,10,11)(H,12,13);2-6H,1H3. The van der Waals surface area contributed by atoms with E-state index in [-0.39, 0.29) is 22.5 Å². The van der Waals surface area contributed by atoms with Gasteiger partial charge in [0.15, 0.2) is 5.78 Å². The van der Waals surface area contributed by atoms with Gasteiger partial charge in [-0.1, -0.05) is 61.0 Å². The summed E-state index contributed by atoms with van der Waals surface area (Å²) in [7, 11) is 0. The van der Waals surface area contributed by atoms with Gasteiger partial charge in [-0.2, -0.15) is 0 Å². The molecule has 0 bridgehead atoms. The van der Waals surface area contributed by atoms with Gasteiger partial charge in [-0.15, -0.1) is 11.8 Å². The highest BCUT2D eigenvalue weighted by Crippen LogP contribution is 2.23. The third-order valence-electron chi connectivity index (χ3n) is 6.10. The SMILES string of the molecule is CC(=O)c1ccccc1.Cc1c(C(=O)O)cccc1C(=O)O.Cc1ccc(SCC(C)C2CNCCO2)cc1. The van der Waals surface area contributed by atoms with Crippen LogP contribution in [0.3, 0.4) is 0 Å². The largest absolute Gasteiger partial charge is 0.478 e. The predicted octanol–water partition coefficient (Wildman–Crippen LogP) is 5.99. The summed E-state index contributed by atoms with van der Waals surface area (Å²) in [4.78, 5) is 33.2. The average molecular weight is 552 g/mol. The second kappa shape index (κ2) is 16.5. The van der Waals surface area contributed by atoms with E-state index in [0.29, 0.717) is 12.0 Å². The number of rotatable bonds is 7. The van der Waals surface area contributed by atoms with Gasteiger partial charge in [0.25, 0.3) is 0 Å². The van der Waals surface area contributed by atoms with Gasteiger partial charge >= 0.3 is 11.9 Å². The number of carbonyl (C=O) groups excluding carboxylic acids is 1. The van der Waals surface area contributed by atoms with Crippen LogP contribution in [0.1, 0.15) is 56.0 Å². The van der Waals surface area contributed by atoms with Crippen LogP contribution in [0.25, 0.3) is 0 Å². The highest BCUT2D eigenvalue weighted by molar-refractivity contribution is 7.99. The molecule has 2 atom stereocenters. The number of hydrogen-bond donors (Lipinski definition) is 3. The fourth-order valence-corrected chi connectivity index (χ4v) is 4.69. The Labute approximate surface area is 234 Å². The third kappa shape index (κ3) is 11.0. The third-order valence-corrected chi connectivity index (χ3v) is 7.40. The van der Waals surface area contributed by atoms with E-state index in [1.54, 1.807) is 6.92 Å². The molecule has 1 aliphatic rings. The number of aryl methyl sites for hydroxylation is 1. The summed E-state index contributed by atoms with van der Waals surface area (Å²) >= 11 is 1.92. The Hall–Kier alpha value is -3.46. The minimum absolute atomic E-state index is 0.0277. The van der Waals surface area contributed by atoms with Gasteiger partial charge in [-0.25, -0.2) is 9.59 Å². The maximum Gasteiger partial charge on any atom is 0.335 e. The first-order valence-electron chi connectivity index (χ1n) is 12.7. The van der Waals surface area contributed by atoms with Gasteiger partial charge in [0.2, 0.25) is 0 Å². The summed E-state index contributed by atoms with van der Waals surface area (Å²) in [5.74, 6) is -0.388. The summed E-state index contributed by atoms with van der Waals surface area (Å²) in [5.41, 5.74) is 2.43. The van der Waals surface area contributed by atoms with E-state index in [2.05, 4.69) is 43.4 Å². The minimum atomic E-state index is -1.11. The number of carboxylic acid groups (broad SMARTS) is 2. The first-order valence-corrected chi connectivity index (χ1v) is 13.7. The number of benzene rings is 3. The fourth-order valence-electron chi connectivity index (χ4n) is 3.69. The zero-order valence-corrected chi connectivity index (χ0v) is 23.7. The molecule has 1 saturated heterocycles. The van der Waals surface area contributed by atoms with Crippen LogP contribution in [0, 0.1) is 19.8 Å². The van der Waals surface area contributed by atoms with Gasteiger partial charge < -0.3 is 20.3 Å². The topological polar surface area (TPSA) is 113 Å². The first kappa shape index (κ1) is 31.8. The lowest BCUT2D eigenvalue weighted by molar-refractivity contribution is 0.00170. The molecule has 7 nitrogen and oxygen atoms in total. The first-order chi connectivity index (χ1) is 18.6. The van der Waals surface area contributed by atoms with Gasteiger partial charge in [0.1, 0.15) is 0 Å². The van der Waals surface area contributed by atoms with Crippen molar-refractivity contribution in [1.29, 1.82) is 0 Å². The molecule has 3 aromatic carbocycles. The van der Waals surface area contributed by atoms with Crippen molar-refractivity contribution in [2.75, 3.05) is 25.4 Å². The van der Waals surface area contributed by atoms with Crippen LogP contribution in [-0.4, -0.2) is 59.5 Å². The smallest absolute Gasteiger partial charge is 0.335 e. The highest BCUT2D eigenvalue weighted by Gasteiger charge is 2.20. The number of ether oxygens (including phenoxy) is 1. The Morgan fingerprint density at radius 1 is 0.923 bits per heavy atom. The van der Waals surface area contributed by atoms with Crippen LogP contribution in [-0.2, 0) is 4.74 Å². The number of carbonyl (C=O) groups is 3. The van der Waals surface area contributed by atoms with Crippen LogP contribution >= 0.6 is 11.8 Å². The van der Waals surface area contributed by atoms with Crippen molar-refractivity contribution in [1.82, 2.24) is 5.32 Å². The van der Waals surface area contributed by atoms with E-state index in [4.69, 9.17) is 14.9 Å². The van der Waals surface area contributed by atoms with Crippen LogP contribution in [0.4, 0.5) is 0 Å². The van der Waals surface area contributed by atoms with E-state index in [1.807, 2.05) is 42.1 Å².